The maximum atomic E-state index is 13.6. The van der Waals surface area contributed by atoms with Crippen molar-refractivity contribution in [2.45, 2.75) is 78.7 Å². The van der Waals surface area contributed by atoms with Crippen molar-refractivity contribution in [2.75, 3.05) is 5.32 Å². The topological polar surface area (TPSA) is 101 Å². The first-order valence-electron chi connectivity index (χ1n) is 12.8. The highest BCUT2D eigenvalue weighted by atomic mass is 32.1. The van der Waals surface area contributed by atoms with E-state index in [1.807, 2.05) is 58.0 Å². The van der Waals surface area contributed by atoms with Crippen LogP contribution >= 0.6 is 11.5 Å². The third-order valence-corrected chi connectivity index (χ3v) is 7.80. The number of aromatic nitrogens is 2. The lowest BCUT2D eigenvalue weighted by molar-refractivity contribution is -0.133. The molecular formula is C27H38N4O3S. The van der Waals surface area contributed by atoms with Gasteiger partial charge in [0.1, 0.15) is 10.7 Å². The monoisotopic (exact) mass is 498 g/mol. The van der Waals surface area contributed by atoms with Crippen LogP contribution in [-0.2, 0) is 14.4 Å². The number of nitrogens with one attached hydrogen (secondary N) is 2. The molecule has 0 aliphatic heterocycles. The molecule has 2 aromatic rings. The van der Waals surface area contributed by atoms with E-state index in [-0.39, 0.29) is 41.8 Å². The van der Waals surface area contributed by atoms with Crippen LogP contribution in [-0.4, -0.2) is 33.2 Å². The summed E-state index contributed by atoms with van der Waals surface area (Å²) in [6.45, 7) is 7.76. The minimum Gasteiger partial charge on any atom is -0.346 e. The van der Waals surface area contributed by atoms with Gasteiger partial charge in [-0.1, -0.05) is 81.8 Å². The van der Waals surface area contributed by atoms with Crippen LogP contribution in [0.4, 0.5) is 5.00 Å². The number of anilines is 1. The number of amides is 2. The predicted molar refractivity (Wildman–Crippen MR) is 140 cm³/mol. The minimum atomic E-state index is -0.532. The number of carbonyl (C=O) groups is 3. The zero-order valence-corrected chi connectivity index (χ0v) is 22.1. The van der Waals surface area contributed by atoms with Crippen LogP contribution < -0.4 is 10.6 Å². The third kappa shape index (κ3) is 7.19. The standard InChI is InChI=1S/C27H38N4O3S/c1-5-18(4)25(33)28-23(19-12-8-6-9-13-19)22(32)16-21(17(2)3)26(34)29-27-24(30-31-35-27)20-14-10-7-11-15-20/h7,10-11,14-15,17-19,21,23H,5-6,8-9,12-13,16H2,1-4H3,(H,28,33)(H,29,34)/t18-,21+,23+/m1/s1. The lowest BCUT2D eigenvalue weighted by Crippen LogP contribution is -2.49. The van der Waals surface area contributed by atoms with Crippen molar-refractivity contribution in [1.82, 2.24) is 14.9 Å². The first kappa shape index (κ1) is 27.0. The summed E-state index contributed by atoms with van der Waals surface area (Å²) in [4.78, 5) is 39.6. The SMILES string of the molecule is CC[C@@H](C)C(=O)N[C@H](C(=O)C[C@H](C(=O)Nc1snnc1-c1ccccc1)C(C)C)C1CCCCC1. The first-order chi connectivity index (χ1) is 16.8. The Kier molecular flexibility index (Phi) is 9.95. The van der Waals surface area contributed by atoms with Crippen LogP contribution in [0, 0.1) is 23.7 Å². The average Bonchev–Trinajstić information content (AvgIpc) is 3.33. The molecule has 1 aliphatic rings. The molecule has 1 heterocycles. The second kappa shape index (κ2) is 12.9. The van der Waals surface area contributed by atoms with E-state index in [1.165, 1.54) is 6.42 Å². The van der Waals surface area contributed by atoms with Gasteiger partial charge in [0.25, 0.3) is 0 Å². The molecule has 0 unspecified atom stereocenters. The highest BCUT2D eigenvalue weighted by Crippen LogP contribution is 2.32. The normalized spacial score (nSPS) is 16.9. The van der Waals surface area contributed by atoms with Gasteiger partial charge in [-0.2, -0.15) is 0 Å². The van der Waals surface area contributed by atoms with Gasteiger partial charge >= 0.3 is 0 Å². The number of hydrogen-bond acceptors (Lipinski definition) is 6. The van der Waals surface area contributed by atoms with Gasteiger partial charge < -0.3 is 10.6 Å². The highest BCUT2D eigenvalue weighted by molar-refractivity contribution is 7.10. The molecule has 1 aromatic heterocycles. The Morgan fingerprint density at radius 2 is 1.71 bits per heavy atom. The minimum absolute atomic E-state index is 0.0442. The number of nitrogens with zero attached hydrogens (tertiary/aromatic N) is 2. The van der Waals surface area contributed by atoms with Gasteiger partial charge in [0.15, 0.2) is 5.78 Å². The van der Waals surface area contributed by atoms with Gasteiger partial charge in [0, 0.05) is 35.4 Å². The molecule has 35 heavy (non-hydrogen) atoms. The van der Waals surface area contributed by atoms with Crippen LogP contribution in [0.25, 0.3) is 11.3 Å². The molecule has 1 aliphatic carbocycles. The molecule has 2 N–H and O–H groups in total. The van der Waals surface area contributed by atoms with E-state index in [9.17, 15) is 14.4 Å². The molecule has 0 radical (unpaired) electrons. The molecule has 3 atom stereocenters. The van der Waals surface area contributed by atoms with Crippen molar-refractivity contribution in [3.8, 4) is 11.3 Å². The van der Waals surface area contributed by atoms with Crippen LogP contribution in [0.3, 0.4) is 0 Å². The van der Waals surface area contributed by atoms with E-state index in [2.05, 4.69) is 20.2 Å². The van der Waals surface area contributed by atoms with Crippen molar-refractivity contribution < 1.29 is 14.4 Å². The number of Topliss-reactive ketones (excluding diaryl/α,β-unsaturated/α-hetero) is 1. The maximum Gasteiger partial charge on any atom is 0.228 e. The first-order valence-corrected chi connectivity index (χ1v) is 13.6. The van der Waals surface area contributed by atoms with E-state index in [0.29, 0.717) is 10.7 Å². The van der Waals surface area contributed by atoms with Crippen LogP contribution in [0.5, 0.6) is 0 Å². The molecule has 8 heteroatoms. The van der Waals surface area contributed by atoms with E-state index in [1.54, 1.807) is 0 Å². The summed E-state index contributed by atoms with van der Waals surface area (Å²) < 4.78 is 4.03. The number of ketones is 1. The Labute approximate surface area is 212 Å². The van der Waals surface area contributed by atoms with Crippen molar-refractivity contribution in [1.29, 1.82) is 0 Å². The molecule has 0 saturated heterocycles. The lowest BCUT2D eigenvalue weighted by atomic mass is 9.79. The van der Waals surface area contributed by atoms with Crippen LogP contribution in [0.2, 0.25) is 0 Å². The predicted octanol–water partition coefficient (Wildman–Crippen LogP) is 5.49. The van der Waals surface area contributed by atoms with Gasteiger partial charge in [0.2, 0.25) is 11.8 Å². The summed E-state index contributed by atoms with van der Waals surface area (Å²) in [5, 5.41) is 10.8. The lowest BCUT2D eigenvalue weighted by Gasteiger charge is -2.32. The summed E-state index contributed by atoms with van der Waals surface area (Å²) in [5.74, 6) is -0.911. The molecule has 3 rings (SSSR count). The fourth-order valence-corrected chi connectivity index (χ4v) is 5.24. The quantitative estimate of drug-likeness (QED) is 0.427. The molecule has 0 bridgehead atoms. The molecule has 190 valence electrons. The van der Waals surface area contributed by atoms with Gasteiger partial charge in [0.05, 0.1) is 6.04 Å². The van der Waals surface area contributed by atoms with Crippen molar-refractivity contribution in [3.05, 3.63) is 30.3 Å². The van der Waals surface area contributed by atoms with E-state index >= 15 is 0 Å². The average molecular weight is 499 g/mol. The molecule has 1 fully saturated rings. The van der Waals surface area contributed by atoms with E-state index < -0.39 is 12.0 Å². The second-order valence-electron chi connectivity index (χ2n) is 10.0. The van der Waals surface area contributed by atoms with Crippen molar-refractivity contribution >= 4 is 34.1 Å². The number of rotatable bonds is 11. The number of benzene rings is 1. The molecule has 2 amide bonds. The number of hydrogen-bond donors (Lipinski definition) is 2. The maximum absolute atomic E-state index is 13.6. The summed E-state index contributed by atoms with van der Waals surface area (Å²) in [7, 11) is 0. The Hall–Kier alpha value is -2.61. The Morgan fingerprint density at radius 1 is 1.03 bits per heavy atom. The van der Waals surface area contributed by atoms with Crippen molar-refractivity contribution in [2.24, 2.45) is 23.7 Å². The summed E-state index contributed by atoms with van der Waals surface area (Å²) in [6, 6.07) is 9.06. The van der Waals surface area contributed by atoms with Gasteiger partial charge in [-0.3, -0.25) is 14.4 Å². The molecular weight excluding hydrogens is 460 g/mol. The molecule has 7 nitrogen and oxygen atoms in total. The zero-order chi connectivity index (χ0) is 25.4. The Balaban J connectivity index is 1.75. The van der Waals surface area contributed by atoms with E-state index in [4.69, 9.17) is 0 Å². The molecule has 1 aromatic carbocycles. The zero-order valence-electron chi connectivity index (χ0n) is 21.3. The highest BCUT2D eigenvalue weighted by Gasteiger charge is 2.35. The number of carbonyl (C=O) groups excluding carboxylic acids is 3. The van der Waals surface area contributed by atoms with E-state index in [0.717, 1.165) is 49.2 Å². The third-order valence-electron chi connectivity index (χ3n) is 7.16. The fraction of sp³-hybridized carbons (Fsp3) is 0.593. The largest absolute Gasteiger partial charge is 0.346 e. The van der Waals surface area contributed by atoms with Gasteiger partial charge in [-0.05, 0) is 31.1 Å². The second-order valence-corrected chi connectivity index (χ2v) is 10.8. The van der Waals surface area contributed by atoms with Crippen LogP contribution in [0.1, 0.15) is 72.6 Å². The summed E-state index contributed by atoms with van der Waals surface area (Å²) in [5.41, 5.74) is 1.50. The molecule has 1 saturated carbocycles. The smallest absolute Gasteiger partial charge is 0.228 e. The summed E-state index contributed by atoms with van der Waals surface area (Å²) >= 11 is 1.13. The molecule has 0 spiro atoms. The van der Waals surface area contributed by atoms with Gasteiger partial charge in [-0.25, -0.2) is 0 Å². The van der Waals surface area contributed by atoms with Crippen molar-refractivity contribution in [3.63, 3.8) is 0 Å². The fourth-order valence-electron chi connectivity index (χ4n) is 4.65. The summed E-state index contributed by atoms with van der Waals surface area (Å²) in [6.07, 6.45) is 6.00. The Bertz CT molecular complexity index is 985. The Morgan fingerprint density at radius 3 is 2.34 bits per heavy atom. The van der Waals surface area contributed by atoms with Crippen LogP contribution in [0.15, 0.2) is 30.3 Å². The van der Waals surface area contributed by atoms with Gasteiger partial charge in [-0.15, -0.1) is 5.10 Å².